The van der Waals surface area contributed by atoms with Gasteiger partial charge in [0.2, 0.25) is 0 Å². The van der Waals surface area contributed by atoms with E-state index in [0.29, 0.717) is 10.0 Å². The number of aliphatic hydroxyl groups is 1. The van der Waals surface area contributed by atoms with Gasteiger partial charge in [-0.3, -0.25) is 4.90 Å². The van der Waals surface area contributed by atoms with E-state index >= 15 is 0 Å². The molecule has 1 N–H and O–H groups in total. The lowest BCUT2D eigenvalue weighted by Crippen LogP contribution is -2.30. The van der Waals surface area contributed by atoms with Crippen molar-refractivity contribution < 1.29 is 5.11 Å². The van der Waals surface area contributed by atoms with Crippen molar-refractivity contribution in [1.82, 2.24) is 4.90 Å². The molecule has 3 aromatic rings. The maximum atomic E-state index is 9.26. The standard InChI is InChI=1S/C21H19Cl2NO/c22-20-9-18-5-6-24(12-19(18)10-21(20)23)11-14-1-3-17-8-15(13-25)2-4-16(17)7-14/h1-4,7-10,25H,5-6,11-13H2. The summed E-state index contributed by atoms with van der Waals surface area (Å²) in [5.41, 5.74) is 4.82. The highest BCUT2D eigenvalue weighted by molar-refractivity contribution is 6.42. The largest absolute Gasteiger partial charge is 0.392 e. The summed E-state index contributed by atoms with van der Waals surface area (Å²) < 4.78 is 0. The Kier molecular flexibility index (Phi) is 4.70. The molecule has 0 radical (unpaired) electrons. The first kappa shape index (κ1) is 16.9. The second kappa shape index (κ2) is 6.97. The van der Waals surface area contributed by atoms with Gasteiger partial charge in [-0.15, -0.1) is 0 Å². The molecule has 0 aliphatic carbocycles. The predicted octanol–water partition coefficient (Wildman–Crippen LogP) is 5.20. The number of rotatable bonds is 3. The predicted molar refractivity (Wildman–Crippen MR) is 104 cm³/mol. The van der Waals surface area contributed by atoms with E-state index in [9.17, 15) is 5.11 Å². The fourth-order valence-electron chi connectivity index (χ4n) is 3.54. The van der Waals surface area contributed by atoms with Gasteiger partial charge in [-0.2, -0.15) is 0 Å². The van der Waals surface area contributed by atoms with Crippen molar-refractivity contribution in [2.24, 2.45) is 0 Å². The molecular weight excluding hydrogens is 353 g/mol. The third-order valence-corrected chi connectivity index (χ3v) is 5.61. The van der Waals surface area contributed by atoms with Gasteiger partial charge >= 0.3 is 0 Å². The maximum Gasteiger partial charge on any atom is 0.0682 e. The monoisotopic (exact) mass is 371 g/mol. The van der Waals surface area contributed by atoms with Crippen LogP contribution in [-0.4, -0.2) is 16.6 Å². The van der Waals surface area contributed by atoms with Crippen molar-refractivity contribution >= 4 is 34.0 Å². The SMILES string of the molecule is OCc1ccc2cc(CN3CCc4cc(Cl)c(Cl)cc4C3)ccc2c1. The zero-order valence-corrected chi connectivity index (χ0v) is 15.3. The Labute approximate surface area is 157 Å². The molecule has 1 aliphatic heterocycles. The highest BCUT2D eigenvalue weighted by atomic mass is 35.5. The van der Waals surface area contributed by atoms with E-state index < -0.39 is 0 Å². The van der Waals surface area contributed by atoms with Crippen LogP contribution in [0.25, 0.3) is 10.8 Å². The van der Waals surface area contributed by atoms with Crippen molar-refractivity contribution in [2.45, 2.75) is 26.1 Å². The molecule has 128 valence electrons. The Morgan fingerprint density at radius 2 is 1.48 bits per heavy atom. The summed E-state index contributed by atoms with van der Waals surface area (Å²) in [4.78, 5) is 2.44. The number of halogens is 2. The molecule has 4 rings (SSSR count). The minimum atomic E-state index is 0.0808. The summed E-state index contributed by atoms with van der Waals surface area (Å²) in [6, 6.07) is 16.7. The lowest BCUT2D eigenvalue weighted by molar-refractivity contribution is 0.245. The number of aliphatic hydroxyl groups excluding tert-OH is 1. The van der Waals surface area contributed by atoms with Gasteiger partial charge in [-0.25, -0.2) is 0 Å². The Morgan fingerprint density at radius 3 is 2.20 bits per heavy atom. The van der Waals surface area contributed by atoms with Crippen LogP contribution in [0.4, 0.5) is 0 Å². The van der Waals surface area contributed by atoms with E-state index in [1.54, 1.807) is 0 Å². The highest BCUT2D eigenvalue weighted by Crippen LogP contribution is 2.30. The number of hydrogen-bond acceptors (Lipinski definition) is 2. The van der Waals surface area contributed by atoms with Gasteiger partial charge in [-0.1, -0.05) is 47.5 Å². The van der Waals surface area contributed by atoms with Crippen molar-refractivity contribution in [1.29, 1.82) is 0 Å². The summed E-state index contributed by atoms with van der Waals surface area (Å²) in [5, 5.41) is 12.9. The molecule has 25 heavy (non-hydrogen) atoms. The van der Waals surface area contributed by atoms with Crippen LogP contribution in [0.15, 0.2) is 48.5 Å². The summed E-state index contributed by atoms with van der Waals surface area (Å²) in [6.45, 7) is 2.91. The number of nitrogens with zero attached hydrogens (tertiary/aromatic N) is 1. The Morgan fingerprint density at radius 1 is 0.840 bits per heavy atom. The van der Waals surface area contributed by atoms with Crippen molar-refractivity contribution in [3.05, 3.63) is 80.8 Å². The second-order valence-corrected chi connectivity index (χ2v) is 7.48. The molecule has 0 amide bonds. The van der Waals surface area contributed by atoms with Gasteiger partial charge in [0.25, 0.3) is 0 Å². The van der Waals surface area contributed by atoms with Gasteiger partial charge in [-0.05, 0) is 63.7 Å². The van der Waals surface area contributed by atoms with E-state index in [1.807, 2.05) is 24.3 Å². The number of fused-ring (bicyclic) bond motifs is 2. The molecule has 1 aliphatic rings. The summed E-state index contributed by atoms with van der Waals surface area (Å²) in [6.07, 6.45) is 1.000. The molecule has 0 bridgehead atoms. The molecule has 0 aromatic heterocycles. The number of benzene rings is 3. The fraction of sp³-hybridized carbons (Fsp3) is 0.238. The molecular formula is C21H19Cl2NO. The van der Waals surface area contributed by atoms with Gasteiger partial charge in [0.05, 0.1) is 16.7 Å². The van der Waals surface area contributed by atoms with Gasteiger partial charge in [0.15, 0.2) is 0 Å². The van der Waals surface area contributed by atoms with Crippen LogP contribution < -0.4 is 0 Å². The molecule has 0 atom stereocenters. The van der Waals surface area contributed by atoms with Crippen LogP contribution in [-0.2, 0) is 26.1 Å². The van der Waals surface area contributed by atoms with Crippen LogP contribution in [0.2, 0.25) is 10.0 Å². The second-order valence-electron chi connectivity index (χ2n) is 6.67. The Bertz CT molecular complexity index is 939. The quantitative estimate of drug-likeness (QED) is 0.683. The minimum absolute atomic E-state index is 0.0808. The Hall–Kier alpha value is -1.58. The zero-order chi connectivity index (χ0) is 17.4. The molecule has 0 saturated carbocycles. The third-order valence-electron chi connectivity index (χ3n) is 4.89. The van der Waals surface area contributed by atoms with Crippen LogP contribution in [0.1, 0.15) is 22.3 Å². The first-order valence-electron chi connectivity index (χ1n) is 8.44. The molecule has 0 spiro atoms. The van der Waals surface area contributed by atoms with Gasteiger partial charge in [0.1, 0.15) is 0 Å². The van der Waals surface area contributed by atoms with E-state index in [0.717, 1.165) is 31.6 Å². The zero-order valence-electron chi connectivity index (χ0n) is 13.8. The molecule has 0 fully saturated rings. The van der Waals surface area contributed by atoms with Crippen LogP contribution in [0.5, 0.6) is 0 Å². The maximum absolute atomic E-state index is 9.26. The van der Waals surface area contributed by atoms with E-state index in [-0.39, 0.29) is 6.61 Å². The van der Waals surface area contributed by atoms with E-state index in [2.05, 4.69) is 29.2 Å². The van der Waals surface area contributed by atoms with E-state index in [4.69, 9.17) is 23.2 Å². The van der Waals surface area contributed by atoms with Gasteiger partial charge < -0.3 is 5.11 Å². The third kappa shape index (κ3) is 3.54. The average molecular weight is 372 g/mol. The fourth-order valence-corrected chi connectivity index (χ4v) is 3.91. The first-order valence-corrected chi connectivity index (χ1v) is 9.19. The summed E-state index contributed by atoms with van der Waals surface area (Å²) in [7, 11) is 0. The normalized spacial score (nSPS) is 14.7. The molecule has 0 saturated heterocycles. The van der Waals surface area contributed by atoms with Crippen molar-refractivity contribution in [2.75, 3.05) is 6.54 Å². The topological polar surface area (TPSA) is 23.5 Å². The Balaban J connectivity index is 1.54. The van der Waals surface area contributed by atoms with Crippen LogP contribution >= 0.6 is 23.2 Å². The van der Waals surface area contributed by atoms with E-state index in [1.165, 1.54) is 27.5 Å². The molecule has 0 unspecified atom stereocenters. The lowest BCUT2D eigenvalue weighted by atomic mass is 9.99. The minimum Gasteiger partial charge on any atom is -0.392 e. The lowest BCUT2D eigenvalue weighted by Gasteiger charge is -2.29. The van der Waals surface area contributed by atoms with Crippen molar-refractivity contribution in [3.8, 4) is 0 Å². The first-order chi connectivity index (χ1) is 12.1. The van der Waals surface area contributed by atoms with Crippen LogP contribution in [0, 0.1) is 0 Å². The summed E-state index contributed by atoms with van der Waals surface area (Å²) in [5.74, 6) is 0. The molecule has 4 heteroatoms. The van der Waals surface area contributed by atoms with Crippen molar-refractivity contribution in [3.63, 3.8) is 0 Å². The van der Waals surface area contributed by atoms with Crippen LogP contribution in [0.3, 0.4) is 0 Å². The van der Waals surface area contributed by atoms with Gasteiger partial charge in [0, 0.05) is 19.6 Å². The molecule has 2 nitrogen and oxygen atoms in total. The summed E-state index contributed by atoms with van der Waals surface area (Å²) >= 11 is 12.3. The molecule has 1 heterocycles. The smallest absolute Gasteiger partial charge is 0.0682 e. The molecule has 3 aromatic carbocycles. The average Bonchev–Trinajstić information content (AvgIpc) is 2.62. The highest BCUT2D eigenvalue weighted by Gasteiger charge is 2.18. The number of hydrogen-bond donors (Lipinski definition) is 1.